The van der Waals surface area contributed by atoms with Crippen LogP contribution in [-0.2, 0) is 9.47 Å². The molecule has 0 aromatic rings. The smallest absolute Gasteiger partial charge is 0.191 e. The van der Waals surface area contributed by atoms with Crippen LogP contribution >= 0.6 is 24.0 Å². The number of rotatable bonds is 7. The highest BCUT2D eigenvalue weighted by molar-refractivity contribution is 14.0. The molecule has 2 saturated heterocycles. The van der Waals surface area contributed by atoms with Gasteiger partial charge in [-0.05, 0) is 40.0 Å². The van der Waals surface area contributed by atoms with Crippen LogP contribution in [0.15, 0.2) is 4.99 Å². The highest BCUT2D eigenvalue weighted by atomic mass is 127. The number of nitrogens with zero attached hydrogens (tertiary/aromatic N) is 2. The molecule has 3 fully saturated rings. The Hall–Kier alpha value is -0.120. The number of likely N-dealkylation sites (tertiary alicyclic amines) is 1. The fraction of sp³-hybridized carbons (Fsp3) is 0.952. The minimum Gasteiger partial charge on any atom is -0.377 e. The van der Waals surface area contributed by atoms with Crippen molar-refractivity contribution in [3.63, 3.8) is 0 Å². The molecule has 2 heterocycles. The molecule has 3 rings (SSSR count). The molecule has 2 N–H and O–H groups in total. The number of nitrogens with one attached hydrogen (secondary N) is 2. The average Bonchev–Trinajstić information content (AvgIpc) is 3.08. The third-order valence-corrected chi connectivity index (χ3v) is 6.50. The van der Waals surface area contributed by atoms with E-state index in [1.54, 1.807) is 0 Å². The normalized spacial score (nSPS) is 30.5. The lowest BCUT2D eigenvalue weighted by atomic mass is 9.57. The van der Waals surface area contributed by atoms with Crippen LogP contribution in [0.1, 0.15) is 53.9 Å². The molecule has 0 spiro atoms. The Bertz CT molecular complexity index is 507. The van der Waals surface area contributed by atoms with Crippen molar-refractivity contribution in [2.24, 2.45) is 16.3 Å². The Morgan fingerprint density at radius 1 is 1.21 bits per heavy atom. The van der Waals surface area contributed by atoms with E-state index in [2.05, 4.69) is 50.2 Å². The number of hydrogen-bond acceptors (Lipinski definition) is 4. The van der Waals surface area contributed by atoms with Crippen molar-refractivity contribution in [1.82, 2.24) is 15.5 Å². The summed E-state index contributed by atoms with van der Waals surface area (Å²) in [6.45, 7) is 16.8. The van der Waals surface area contributed by atoms with E-state index in [9.17, 15) is 0 Å². The Morgan fingerprint density at radius 2 is 1.93 bits per heavy atom. The highest BCUT2D eigenvalue weighted by Crippen LogP contribution is 2.52. The standard InChI is InChI=1S/C21H40N4O2.HI/c1-6-22-20(24-18-17-9-13-27-19(17)21(18,4)5)23-16-7-10-25(11-8-16)12-14-26-15(2)3;/h15-19H,6-14H2,1-5H3,(H2,22,23,24);1H. The van der Waals surface area contributed by atoms with Gasteiger partial charge in [0.2, 0.25) is 0 Å². The summed E-state index contributed by atoms with van der Waals surface area (Å²) in [6, 6.07) is 0.958. The molecule has 28 heavy (non-hydrogen) atoms. The molecule has 0 aromatic carbocycles. The lowest BCUT2D eigenvalue weighted by molar-refractivity contribution is -0.106. The van der Waals surface area contributed by atoms with Crippen molar-refractivity contribution in [2.75, 3.05) is 39.4 Å². The van der Waals surface area contributed by atoms with E-state index in [0.717, 1.165) is 58.2 Å². The van der Waals surface area contributed by atoms with Crippen molar-refractivity contribution in [3.8, 4) is 0 Å². The van der Waals surface area contributed by atoms with E-state index in [1.165, 1.54) is 6.42 Å². The van der Waals surface area contributed by atoms with Gasteiger partial charge in [0.15, 0.2) is 5.96 Å². The van der Waals surface area contributed by atoms with E-state index in [1.807, 2.05) is 0 Å². The van der Waals surface area contributed by atoms with Gasteiger partial charge >= 0.3 is 0 Å². The van der Waals surface area contributed by atoms with Crippen molar-refractivity contribution < 1.29 is 9.47 Å². The molecule has 0 bridgehead atoms. The largest absolute Gasteiger partial charge is 0.377 e. The summed E-state index contributed by atoms with van der Waals surface area (Å²) in [6.07, 6.45) is 4.23. The summed E-state index contributed by atoms with van der Waals surface area (Å²) in [5, 5.41) is 7.46. The third kappa shape index (κ3) is 5.73. The van der Waals surface area contributed by atoms with Crippen LogP contribution in [0.2, 0.25) is 0 Å². The quantitative estimate of drug-likeness (QED) is 0.315. The monoisotopic (exact) mass is 508 g/mol. The van der Waals surface area contributed by atoms with Crippen LogP contribution in [0.4, 0.5) is 0 Å². The molecule has 0 amide bonds. The first-order chi connectivity index (χ1) is 12.9. The number of aliphatic imine (C=N–C) groups is 1. The number of piperidine rings is 1. The van der Waals surface area contributed by atoms with Crippen LogP contribution in [-0.4, -0.2) is 74.5 Å². The summed E-state index contributed by atoms with van der Waals surface area (Å²) >= 11 is 0. The van der Waals surface area contributed by atoms with Gasteiger partial charge in [-0.25, -0.2) is 0 Å². The Labute approximate surface area is 188 Å². The second-order valence-corrected chi connectivity index (χ2v) is 9.19. The zero-order chi connectivity index (χ0) is 19.4. The van der Waals surface area contributed by atoms with Gasteiger partial charge in [-0.2, -0.15) is 0 Å². The van der Waals surface area contributed by atoms with Crippen LogP contribution in [0.5, 0.6) is 0 Å². The van der Waals surface area contributed by atoms with Gasteiger partial charge in [0, 0.05) is 56.2 Å². The number of guanidine groups is 1. The molecule has 3 unspecified atom stereocenters. The molecule has 3 aliphatic rings. The van der Waals surface area contributed by atoms with Gasteiger partial charge in [-0.3, -0.25) is 4.99 Å². The predicted octanol–water partition coefficient (Wildman–Crippen LogP) is 2.86. The maximum absolute atomic E-state index is 5.93. The molecule has 0 aromatic heterocycles. The highest BCUT2D eigenvalue weighted by Gasteiger charge is 2.59. The lowest BCUT2D eigenvalue weighted by Gasteiger charge is -2.55. The maximum Gasteiger partial charge on any atom is 0.191 e. The average molecular weight is 508 g/mol. The fourth-order valence-corrected chi connectivity index (χ4v) is 4.97. The molecule has 7 heteroatoms. The van der Waals surface area contributed by atoms with E-state index in [0.29, 0.717) is 30.2 Å². The third-order valence-electron chi connectivity index (χ3n) is 6.50. The molecule has 3 atom stereocenters. The lowest BCUT2D eigenvalue weighted by Crippen LogP contribution is -2.68. The van der Waals surface area contributed by atoms with Crippen LogP contribution < -0.4 is 10.6 Å². The summed E-state index contributed by atoms with van der Waals surface area (Å²) in [5.74, 6) is 1.62. The van der Waals surface area contributed by atoms with Crippen molar-refractivity contribution in [3.05, 3.63) is 0 Å². The van der Waals surface area contributed by atoms with Gasteiger partial charge in [0.25, 0.3) is 0 Å². The van der Waals surface area contributed by atoms with Gasteiger partial charge in [0.1, 0.15) is 0 Å². The summed E-state index contributed by atoms with van der Waals surface area (Å²) in [4.78, 5) is 7.24. The van der Waals surface area contributed by atoms with Crippen LogP contribution in [0.3, 0.4) is 0 Å². The second kappa shape index (κ2) is 10.8. The summed E-state index contributed by atoms with van der Waals surface area (Å²) in [5.41, 5.74) is 0.178. The minimum atomic E-state index is 0. The number of fused-ring (bicyclic) bond motifs is 1. The van der Waals surface area contributed by atoms with Gasteiger partial charge < -0.3 is 25.0 Å². The molecule has 2 aliphatic heterocycles. The van der Waals surface area contributed by atoms with E-state index < -0.39 is 0 Å². The van der Waals surface area contributed by atoms with Gasteiger partial charge in [0.05, 0.1) is 18.8 Å². The van der Waals surface area contributed by atoms with E-state index in [4.69, 9.17) is 14.5 Å². The molecule has 1 aliphatic carbocycles. The first-order valence-corrected chi connectivity index (χ1v) is 10.9. The summed E-state index contributed by atoms with van der Waals surface area (Å²) < 4.78 is 11.6. The van der Waals surface area contributed by atoms with Crippen molar-refractivity contribution >= 4 is 29.9 Å². The van der Waals surface area contributed by atoms with E-state index in [-0.39, 0.29) is 29.4 Å². The predicted molar refractivity (Wildman–Crippen MR) is 126 cm³/mol. The number of ether oxygens (including phenoxy) is 2. The fourth-order valence-electron chi connectivity index (χ4n) is 4.97. The molecule has 0 radical (unpaired) electrons. The molecule has 6 nitrogen and oxygen atoms in total. The molecular formula is C21H41IN4O2. The Morgan fingerprint density at radius 3 is 2.57 bits per heavy atom. The van der Waals surface area contributed by atoms with Crippen LogP contribution in [0, 0.1) is 11.3 Å². The zero-order valence-corrected chi connectivity index (χ0v) is 20.7. The first kappa shape index (κ1) is 24.2. The summed E-state index contributed by atoms with van der Waals surface area (Å²) in [7, 11) is 0. The Kier molecular flexibility index (Phi) is 9.29. The van der Waals surface area contributed by atoms with Crippen molar-refractivity contribution in [1.29, 1.82) is 0 Å². The minimum absolute atomic E-state index is 0. The SMILES string of the molecule is CCN=C(NC1CCN(CCOC(C)C)CC1)NC1C2CCOC2C1(C)C.I. The van der Waals surface area contributed by atoms with Gasteiger partial charge in [-0.15, -0.1) is 24.0 Å². The van der Waals surface area contributed by atoms with Crippen molar-refractivity contribution in [2.45, 2.75) is 78.2 Å². The van der Waals surface area contributed by atoms with Crippen LogP contribution in [0.25, 0.3) is 0 Å². The second-order valence-electron chi connectivity index (χ2n) is 9.19. The first-order valence-electron chi connectivity index (χ1n) is 10.9. The number of halogens is 1. The topological polar surface area (TPSA) is 58.1 Å². The van der Waals surface area contributed by atoms with E-state index >= 15 is 0 Å². The molecule has 1 saturated carbocycles. The number of hydrogen-bond donors (Lipinski definition) is 2. The van der Waals surface area contributed by atoms with Gasteiger partial charge in [-0.1, -0.05) is 13.8 Å². The Balaban J connectivity index is 0.00000280. The molecule has 164 valence electrons. The maximum atomic E-state index is 5.93. The zero-order valence-electron chi connectivity index (χ0n) is 18.4. The molecular weight excluding hydrogens is 467 g/mol.